The summed E-state index contributed by atoms with van der Waals surface area (Å²) in [4.78, 5) is 21.4. The number of aromatic nitrogens is 1. The average Bonchev–Trinajstić information content (AvgIpc) is 2.99. The lowest BCUT2D eigenvalue weighted by molar-refractivity contribution is -0.159. The van der Waals surface area contributed by atoms with Crippen molar-refractivity contribution < 1.29 is 33.4 Å². The zero-order chi connectivity index (χ0) is 19.7. The smallest absolute Gasteiger partial charge is 0.414 e. The van der Waals surface area contributed by atoms with Gasteiger partial charge in [0.25, 0.3) is 0 Å². The molecule has 26 heavy (non-hydrogen) atoms. The first-order valence-electron chi connectivity index (χ1n) is 7.90. The van der Waals surface area contributed by atoms with Crippen LogP contribution in [0.15, 0.2) is 30.5 Å². The lowest BCUT2D eigenvalue weighted by Gasteiger charge is -2.22. The number of aliphatic carboxylic acids is 2. The van der Waals surface area contributed by atoms with Crippen molar-refractivity contribution in [3.63, 3.8) is 0 Å². The highest BCUT2D eigenvalue weighted by Gasteiger charge is 2.33. The highest BCUT2D eigenvalue weighted by Crippen LogP contribution is 2.52. The molecule has 9 nitrogen and oxygen atoms in total. The van der Waals surface area contributed by atoms with Gasteiger partial charge in [0.2, 0.25) is 0 Å². The Morgan fingerprint density at radius 2 is 1.69 bits per heavy atom. The van der Waals surface area contributed by atoms with E-state index in [1.54, 1.807) is 13.8 Å². The van der Waals surface area contributed by atoms with E-state index in [4.69, 9.17) is 34.6 Å². The van der Waals surface area contributed by atoms with Gasteiger partial charge in [0.1, 0.15) is 5.78 Å². The number of hydrogen-bond acceptors (Lipinski definition) is 6. The second kappa shape index (κ2) is 10.1. The van der Waals surface area contributed by atoms with E-state index in [1.165, 1.54) is 0 Å². The summed E-state index contributed by atoms with van der Waals surface area (Å²) in [5.74, 6) is -4.31. The van der Waals surface area contributed by atoms with Gasteiger partial charge in [0.05, 0.1) is 13.2 Å². The molecule has 0 fully saturated rings. The Labute approximate surface area is 150 Å². The number of aromatic amines is 1. The molecule has 1 heterocycles. The zero-order valence-electron chi connectivity index (χ0n) is 14.5. The zero-order valence-corrected chi connectivity index (χ0v) is 15.4. The maximum atomic E-state index is 12.6. The summed E-state index contributed by atoms with van der Waals surface area (Å²) >= 11 is 0. The van der Waals surface area contributed by atoms with Gasteiger partial charge in [-0.25, -0.2) is 9.59 Å². The molecule has 144 valence electrons. The second-order valence-corrected chi connectivity index (χ2v) is 7.38. The Balaban J connectivity index is 0.000000487. The van der Waals surface area contributed by atoms with E-state index in [2.05, 4.69) is 4.98 Å². The maximum absolute atomic E-state index is 12.6. The number of rotatable bonds is 7. The van der Waals surface area contributed by atoms with Crippen molar-refractivity contribution >= 4 is 30.4 Å². The molecule has 0 saturated heterocycles. The lowest BCUT2D eigenvalue weighted by atomic mass is 10.1. The molecular formula is C16H23N2O7P. The van der Waals surface area contributed by atoms with Crippen molar-refractivity contribution in [2.75, 3.05) is 13.2 Å². The number of carbonyl (C=O) groups is 2. The molecule has 1 aromatic carbocycles. The van der Waals surface area contributed by atoms with Crippen molar-refractivity contribution in [1.82, 2.24) is 4.98 Å². The van der Waals surface area contributed by atoms with Crippen molar-refractivity contribution in [2.24, 2.45) is 5.73 Å². The summed E-state index contributed by atoms with van der Waals surface area (Å²) in [5.41, 5.74) is 8.14. The fourth-order valence-electron chi connectivity index (χ4n) is 2.23. The largest absolute Gasteiger partial charge is 0.473 e. The molecular weight excluding hydrogens is 363 g/mol. The number of nitrogens with one attached hydrogen (secondary N) is 1. The minimum Gasteiger partial charge on any atom is -0.473 e. The first-order chi connectivity index (χ1) is 12.2. The van der Waals surface area contributed by atoms with Gasteiger partial charge in [-0.3, -0.25) is 4.57 Å². The van der Waals surface area contributed by atoms with Gasteiger partial charge < -0.3 is 30.0 Å². The predicted molar refractivity (Wildman–Crippen MR) is 96.1 cm³/mol. The Hall–Kier alpha value is -2.19. The molecule has 1 atom stereocenters. The molecule has 0 saturated carbocycles. The van der Waals surface area contributed by atoms with Gasteiger partial charge in [-0.15, -0.1) is 0 Å². The summed E-state index contributed by atoms with van der Waals surface area (Å²) in [6, 6.07) is 7.94. The van der Waals surface area contributed by atoms with E-state index >= 15 is 0 Å². The van der Waals surface area contributed by atoms with Gasteiger partial charge in [0.15, 0.2) is 0 Å². The van der Waals surface area contributed by atoms with E-state index in [1.807, 2.05) is 30.5 Å². The molecule has 1 unspecified atom stereocenters. The molecule has 1 aromatic heterocycles. The molecule has 5 N–H and O–H groups in total. The Kier molecular flexibility index (Phi) is 8.47. The van der Waals surface area contributed by atoms with E-state index in [0.29, 0.717) is 19.6 Å². The molecule has 2 rings (SSSR count). The van der Waals surface area contributed by atoms with E-state index in [-0.39, 0.29) is 0 Å². The quantitative estimate of drug-likeness (QED) is 0.418. The van der Waals surface area contributed by atoms with Crippen LogP contribution in [0.1, 0.15) is 19.4 Å². The van der Waals surface area contributed by atoms with Gasteiger partial charge in [-0.05, 0) is 25.5 Å². The summed E-state index contributed by atoms with van der Waals surface area (Å²) in [7, 11) is -3.27. The van der Waals surface area contributed by atoms with Crippen LogP contribution in [-0.4, -0.2) is 46.1 Å². The van der Waals surface area contributed by atoms with Crippen LogP contribution in [0.5, 0.6) is 0 Å². The highest BCUT2D eigenvalue weighted by atomic mass is 31.2. The van der Waals surface area contributed by atoms with Crippen molar-refractivity contribution in [1.29, 1.82) is 0 Å². The monoisotopic (exact) mass is 386 g/mol. The van der Waals surface area contributed by atoms with Crippen LogP contribution in [0.25, 0.3) is 10.9 Å². The van der Waals surface area contributed by atoms with Crippen LogP contribution >= 0.6 is 7.60 Å². The highest BCUT2D eigenvalue weighted by molar-refractivity contribution is 7.54. The van der Waals surface area contributed by atoms with Crippen LogP contribution in [0, 0.1) is 0 Å². The SMILES string of the molecule is CCOP(=O)(OCC)C(N)Cc1c[nH]c2ccccc12.O=C(O)C(=O)O. The summed E-state index contributed by atoms with van der Waals surface area (Å²) in [6.07, 6.45) is 2.34. The number of H-pyrrole nitrogens is 1. The molecule has 0 radical (unpaired) electrons. The van der Waals surface area contributed by atoms with Gasteiger partial charge in [0, 0.05) is 23.5 Å². The fourth-order valence-corrected chi connectivity index (χ4v) is 3.82. The topological polar surface area (TPSA) is 152 Å². The number of hydrogen-bond donors (Lipinski definition) is 4. The van der Waals surface area contributed by atoms with Gasteiger partial charge in [-0.1, -0.05) is 18.2 Å². The van der Waals surface area contributed by atoms with Crippen LogP contribution in [-0.2, 0) is 29.6 Å². The molecule has 10 heteroatoms. The number of carboxylic acids is 2. The third-order valence-electron chi connectivity index (χ3n) is 3.31. The van der Waals surface area contributed by atoms with Crippen LogP contribution in [0.4, 0.5) is 0 Å². The Morgan fingerprint density at radius 3 is 2.19 bits per heavy atom. The fraction of sp³-hybridized carbons (Fsp3) is 0.375. The lowest BCUT2D eigenvalue weighted by Crippen LogP contribution is -2.25. The third-order valence-corrected chi connectivity index (χ3v) is 5.54. The first-order valence-corrected chi connectivity index (χ1v) is 9.51. The van der Waals surface area contributed by atoms with Crippen molar-refractivity contribution in [3.05, 3.63) is 36.0 Å². The van der Waals surface area contributed by atoms with Crippen LogP contribution < -0.4 is 5.73 Å². The molecule has 2 aromatic rings. The second-order valence-electron chi connectivity index (χ2n) is 5.12. The molecule has 0 amide bonds. The third kappa shape index (κ3) is 5.96. The number of benzene rings is 1. The molecule has 0 aliphatic carbocycles. The first kappa shape index (κ1) is 21.9. The summed E-state index contributed by atoms with van der Waals surface area (Å²) in [6.45, 7) is 4.20. The number of para-hydroxylation sites is 1. The van der Waals surface area contributed by atoms with Gasteiger partial charge in [-0.2, -0.15) is 0 Å². The van der Waals surface area contributed by atoms with E-state index in [0.717, 1.165) is 16.5 Å². The molecule has 0 bridgehead atoms. The number of nitrogens with two attached hydrogens (primary N) is 1. The predicted octanol–water partition coefficient (Wildman–Crippen LogP) is 2.42. The summed E-state index contributed by atoms with van der Waals surface area (Å²) < 4.78 is 23.2. The molecule has 0 aliphatic heterocycles. The molecule has 0 aliphatic rings. The van der Waals surface area contributed by atoms with Crippen molar-refractivity contribution in [3.8, 4) is 0 Å². The van der Waals surface area contributed by atoms with Crippen LogP contribution in [0.3, 0.4) is 0 Å². The number of fused-ring (bicyclic) bond motifs is 1. The molecule has 0 spiro atoms. The Morgan fingerprint density at radius 1 is 1.15 bits per heavy atom. The van der Waals surface area contributed by atoms with E-state index < -0.39 is 25.3 Å². The average molecular weight is 386 g/mol. The summed E-state index contributed by atoms with van der Waals surface area (Å²) in [5, 5.41) is 15.9. The standard InChI is InChI=1S/C14H21N2O3P.C2H2O4/c1-3-18-20(17,19-4-2)14(15)9-11-10-16-13-8-6-5-7-12(11)13;3-1(4)2(5)6/h5-8,10,14,16H,3-4,9,15H2,1-2H3;(H,3,4)(H,5,6). The van der Waals surface area contributed by atoms with Crippen molar-refractivity contribution in [2.45, 2.75) is 26.1 Å². The van der Waals surface area contributed by atoms with Crippen LogP contribution in [0.2, 0.25) is 0 Å². The normalized spacial score (nSPS) is 12.3. The minimum atomic E-state index is -3.27. The van der Waals surface area contributed by atoms with E-state index in [9.17, 15) is 4.57 Å². The van der Waals surface area contributed by atoms with Gasteiger partial charge >= 0.3 is 19.5 Å². The minimum absolute atomic E-state index is 0.318. The maximum Gasteiger partial charge on any atom is 0.414 e. The number of carboxylic acid groups (broad SMARTS) is 2. The Bertz CT molecular complexity index is 768.